The zero-order valence-electron chi connectivity index (χ0n) is 15.3. The van der Waals surface area contributed by atoms with Crippen LogP contribution < -0.4 is 5.32 Å². The highest BCUT2D eigenvalue weighted by Crippen LogP contribution is 2.23. The predicted octanol–water partition coefficient (Wildman–Crippen LogP) is 2.92. The maximum atomic E-state index is 4.46. The van der Waals surface area contributed by atoms with Crippen molar-refractivity contribution in [3.05, 3.63) is 18.2 Å². The molecule has 0 spiro atoms. The number of nitrogens with one attached hydrogen (secondary N) is 1. The van der Waals surface area contributed by atoms with E-state index in [9.17, 15) is 0 Å². The molecule has 5 heteroatoms. The monoisotopic (exact) mass is 319 g/mol. The molecule has 2 heterocycles. The van der Waals surface area contributed by atoms with E-state index in [0.717, 1.165) is 62.6 Å². The molecule has 0 amide bonds. The van der Waals surface area contributed by atoms with Gasteiger partial charge in [0, 0.05) is 45.6 Å². The van der Waals surface area contributed by atoms with Crippen LogP contribution in [0.4, 0.5) is 0 Å². The number of imidazole rings is 1. The molecule has 1 aromatic heterocycles. The summed E-state index contributed by atoms with van der Waals surface area (Å²) in [5, 5.41) is 3.53. The molecule has 1 saturated heterocycles. The second-order valence-electron chi connectivity index (χ2n) is 7.08. The van der Waals surface area contributed by atoms with Crippen molar-refractivity contribution in [1.29, 1.82) is 0 Å². The molecule has 0 radical (unpaired) electrons. The summed E-state index contributed by atoms with van der Waals surface area (Å²) in [6.45, 7) is 11.0. The van der Waals surface area contributed by atoms with Crippen molar-refractivity contribution >= 4 is 5.96 Å². The van der Waals surface area contributed by atoms with Gasteiger partial charge >= 0.3 is 0 Å². The minimum atomic E-state index is 0.793. The number of aromatic nitrogens is 2. The fraction of sp³-hybridized carbons (Fsp3) is 0.778. The lowest BCUT2D eigenvalue weighted by Gasteiger charge is -2.22. The van der Waals surface area contributed by atoms with Gasteiger partial charge < -0.3 is 14.8 Å². The van der Waals surface area contributed by atoms with Crippen LogP contribution in [-0.2, 0) is 6.54 Å². The first kappa shape index (κ1) is 17.8. The summed E-state index contributed by atoms with van der Waals surface area (Å²) in [5.41, 5.74) is 0. The van der Waals surface area contributed by atoms with Gasteiger partial charge in [0.1, 0.15) is 5.82 Å². The van der Waals surface area contributed by atoms with Crippen LogP contribution in [0.1, 0.15) is 45.4 Å². The van der Waals surface area contributed by atoms with E-state index in [2.05, 4.69) is 51.7 Å². The number of rotatable bonds is 7. The molecule has 0 aromatic carbocycles. The topological polar surface area (TPSA) is 45.5 Å². The number of hydrogen-bond acceptors (Lipinski definition) is 2. The average Bonchev–Trinajstić information content (AvgIpc) is 3.12. The number of hydrogen-bond donors (Lipinski definition) is 1. The molecule has 1 aromatic rings. The Morgan fingerprint density at radius 1 is 1.43 bits per heavy atom. The Morgan fingerprint density at radius 3 is 2.91 bits per heavy atom. The van der Waals surface area contributed by atoms with Crippen molar-refractivity contribution < 1.29 is 0 Å². The molecule has 2 rings (SSSR count). The summed E-state index contributed by atoms with van der Waals surface area (Å²) >= 11 is 0. The highest BCUT2D eigenvalue weighted by Gasteiger charge is 2.25. The molecule has 1 atom stereocenters. The van der Waals surface area contributed by atoms with E-state index >= 15 is 0 Å². The molecule has 1 aliphatic heterocycles. The number of guanidine groups is 1. The first-order chi connectivity index (χ1) is 11.1. The zero-order valence-corrected chi connectivity index (χ0v) is 15.3. The van der Waals surface area contributed by atoms with E-state index in [1.807, 2.05) is 13.2 Å². The van der Waals surface area contributed by atoms with E-state index in [0.29, 0.717) is 0 Å². The summed E-state index contributed by atoms with van der Waals surface area (Å²) in [6, 6.07) is 0. The third-order valence-corrected chi connectivity index (χ3v) is 4.63. The number of aliphatic imine (C=N–C) groups is 1. The smallest absolute Gasteiger partial charge is 0.193 e. The van der Waals surface area contributed by atoms with E-state index < -0.39 is 0 Å². The highest BCUT2D eigenvalue weighted by molar-refractivity contribution is 5.80. The van der Waals surface area contributed by atoms with E-state index in [1.165, 1.54) is 12.8 Å². The van der Waals surface area contributed by atoms with Gasteiger partial charge in [0.25, 0.3) is 0 Å². The summed E-state index contributed by atoms with van der Waals surface area (Å²) in [4.78, 5) is 11.1. The number of nitrogens with zero attached hydrogens (tertiary/aromatic N) is 4. The molecule has 1 N–H and O–H groups in total. The van der Waals surface area contributed by atoms with Gasteiger partial charge in [0.2, 0.25) is 0 Å². The summed E-state index contributed by atoms with van der Waals surface area (Å²) in [6.07, 6.45) is 8.88. The zero-order chi connectivity index (χ0) is 16.7. The molecular formula is C18H33N5. The van der Waals surface area contributed by atoms with E-state index in [4.69, 9.17) is 0 Å². The number of aryl methyl sites for hydroxylation is 2. The first-order valence-electron chi connectivity index (χ1n) is 9.03. The third kappa shape index (κ3) is 5.56. The Kier molecular flexibility index (Phi) is 6.93. The third-order valence-electron chi connectivity index (χ3n) is 4.63. The molecular weight excluding hydrogens is 286 g/mol. The number of likely N-dealkylation sites (tertiary alicyclic amines) is 1. The SMILES string of the molecule is CN=C(NCCCCn1ccnc1C)N1CCC(CC(C)C)C1. The van der Waals surface area contributed by atoms with Crippen LogP contribution in [0, 0.1) is 18.8 Å². The summed E-state index contributed by atoms with van der Waals surface area (Å²) in [5.74, 6) is 3.80. The van der Waals surface area contributed by atoms with Gasteiger partial charge in [-0.3, -0.25) is 4.99 Å². The van der Waals surface area contributed by atoms with Gasteiger partial charge in [-0.1, -0.05) is 13.8 Å². The minimum Gasteiger partial charge on any atom is -0.356 e. The summed E-state index contributed by atoms with van der Waals surface area (Å²) < 4.78 is 2.21. The van der Waals surface area contributed by atoms with Gasteiger partial charge in [0.15, 0.2) is 5.96 Å². The lowest BCUT2D eigenvalue weighted by molar-refractivity contribution is 0.403. The predicted molar refractivity (Wildman–Crippen MR) is 96.7 cm³/mol. The maximum absolute atomic E-state index is 4.46. The highest BCUT2D eigenvalue weighted by atomic mass is 15.3. The van der Waals surface area contributed by atoms with Crippen molar-refractivity contribution in [3.63, 3.8) is 0 Å². The molecule has 1 unspecified atom stereocenters. The molecule has 0 aliphatic carbocycles. The van der Waals surface area contributed by atoms with Crippen molar-refractivity contribution in [1.82, 2.24) is 19.8 Å². The molecule has 1 aliphatic rings. The Hall–Kier alpha value is -1.52. The lowest BCUT2D eigenvalue weighted by atomic mass is 9.97. The molecule has 5 nitrogen and oxygen atoms in total. The molecule has 23 heavy (non-hydrogen) atoms. The Morgan fingerprint density at radius 2 is 2.26 bits per heavy atom. The second-order valence-corrected chi connectivity index (χ2v) is 7.08. The van der Waals surface area contributed by atoms with Crippen LogP contribution in [0.25, 0.3) is 0 Å². The average molecular weight is 319 g/mol. The molecule has 1 fully saturated rings. The van der Waals surface area contributed by atoms with Crippen LogP contribution in [0.5, 0.6) is 0 Å². The largest absolute Gasteiger partial charge is 0.356 e. The van der Waals surface area contributed by atoms with Crippen LogP contribution in [0.2, 0.25) is 0 Å². The Labute approximate surface area is 141 Å². The van der Waals surface area contributed by atoms with Crippen molar-refractivity contribution in [3.8, 4) is 0 Å². The fourth-order valence-electron chi connectivity index (χ4n) is 3.46. The summed E-state index contributed by atoms with van der Waals surface area (Å²) in [7, 11) is 1.90. The molecule has 0 bridgehead atoms. The van der Waals surface area contributed by atoms with E-state index in [1.54, 1.807) is 0 Å². The quantitative estimate of drug-likeness (QED) is 0.477. The standard InChI is InChI=1S/C18H33N5/c1-15(2)13-17-7-11-23(14-17)18(19-4)21-8-5-6-10-22-12-9-20-16(22)3/h9,12,15,17H,5-8,10-11,13-14H2,1-4H3,(H,19,21). The van der Waals surface area contributed by atoms with Crippen molar-refractivity contribution in [2.24, 2.45) is 16.8 Å². The Bertz CT molecular complexity index is 491. The fourth-order valence-corrected chi connectivity index (χ4v) is 3.46. The maximum Gasteiger partial charge on any atom is 0.193 e. The normalized spacial score (nSPS) is 18.9. The van der Waals surface area contributed by atoms with Crippen LogP contribution in [0.15, 0.2) is 17.4 Å². The van der Waals surface area contributed by atoms with Crippen LogP contribution in [0.3, 0.4) is 0 Å². The number of unbranched alkanes of at least 4 members (excludes halogenated alkanes) is 1. The van der Waals surface area contributed by atoms with Gasteiger partial charge in [-0.15, -0.1) is 0 Å². The first-order valence-corrected chi connectivity index (χ1v) is 9.03. The minimum absolute atomic E-state index is 0.793. The van der Waals surface area contributed by atoms with Gasteiger partial charge in [0.05, 0.1) is 0 Å². The van der Waals surface area contributed by atoms with Gasteiger partial charge in [-0.05, 0) is 44.4 Å². The Balaban J connectivity index is 1.65. The van der Waals surface area contributed by atoms with Crippen LogP contribution in [-0.4, -0.2) is 47.1 Å². The molecule has 130 valence electrons. The van der Waals surface area contributed by atoms with E-state index in [-0.39, 0.29) is 0 Å². The van der Waals surface area contributed by atoms with Gasteiger partial charge in [-0.2, -0.15) is 0 Å². The van der Waals surface area contributed by atoms with Gasteiger partial charge in [-0.25, -0.2) is 4.98 Å². The molecule has 0 saturated carbocycles. The van der Waals surface area contributed by atoms with Crippen molar-refractivity contribution in [2.75, 3.05) is 26.7 Å². The van der Waals surface area contributed by atoms with Crippen LogP contribution >= 0.6 is 0 Å². The lowest BCUT2D eigenvalue weighted by Crippen LogP contribution is -2.40. The van der Waals surface area contributed by atoms with Crippen molar-refractivity contribution in [2.45, 2.75) is 53.0 Å². The second kappa shape index (κ2) is 8.94.